The molecule has 0 spiro atoms. The summed E-state index contributed by atoms with van der Waals surface area (Å²) in [5.41, 5.74) is 6.11. The van der Waals surface area contributed by atoms with Gasteiger partial charge in [-0.05, 0) is 12.5 Å². The fraction of sp³-hybridized carbons (Fsp3) is 0.400. The Bertz CT molecular complexity index is 370. The van der Waals surface area contributed by atoms with Crippen molar-refractivity contribution in [3.05, 3.63) is 24.0 Å². The van der Waals surface area contributed by atoms with Gasteiger partial charge < -0.3 is 15.4 Å². The van der Waals surface area contributed by atoms with Gasteiger partial charge in [0.15, 0.2) is 5.78 Å². The Morgan fingerprint density at radius 1 is 1.60 bits per heavy atom. The fourth-order valence-electron chi connectivity index (χ4n) is 1.27. The molecule has 82 valence electrons. The second kappa shape index (κ2) is 4.75. The third-order valence-corrected chi connectivity index (χ3v) is 2.12. The number of carbonyl (C=O) groups is 2. The molecule has 0 saturated heterocycles. The molecule has 5 nitrogen and oxygen atoms in total. The third kappa shape index (κ3) is 3.21. The van der Waals surface area contributed by atoms with Gasteiger partial charge in [-0.15, -0.1) is 0 Å². The molecule has 1 aromatic rings. The van der Waals surface area contributed by atoms with Crippen molar-refractivity contribution in [2.45, 2.75) is 18.9 Å². The van der Waals surface area contributed by atoms with Crippen LogP contribution in [0.4, 0.5) is 0 Å². The molecule has 15 heavy (non-hydrogen) atoms. The van der Waals surface area contributed by atoms with Gasteiger partial charge in [-0.1, -0.05) is 0 Å². The number of nitrogens with two attached hydrogens (primary N) is 1. The number of hydrogen-bond acceptors (Lipinski definition) is 3. The highest BCUT2D eigenvalue weighted by molar-refractivity contribution is 6.00. The van der Waals surface area contributed by atoms with Crippen molar-refractivity contribution >= 4 is 11.8 Å². The maximum atomic E-state index is 11.6. The predicted molar refractivity (Wildman–Crippen MR) is 54.6 cm³/mol. The number of carbonyl (C=O) groups excluding carboxylic acids is 1. The molecule has 3 N–H and O–H groups in total. The van der Waals surface area contributed by atoms with E-state index in [1.165, 1.54) is 0 Å². The quantitative estimate of drug-likeness (QED) is 0.689. The molecule has 0 saturated carbocycles. The summed E-state index contributed by atoms with van der Waals surface area (Å²) in [6.07, 6.45) is 3.50. The fourth-order valence-corrected chi connectivity index (χ4v) is 1.27. The molecule has 1 aromatic heterocycles. The Morgan fingerprint density at radius 2 is 2.27 bits per heavy atom. The summed E-state index contributed by atoms with van der Waals surface area (Å²) in [5, 5.41) is 8.45. The topological polar surface area (TPSA) is 85.3 Å². The SMILES string of the molecule is Cn1ccc(C(=O)C(N)CCC(=O)O)c1. The number of carboxylic acid groups (broad SMARTS) is 1. The summed E-state index contributed by atoms with van der Waals surface area (Å²) in [6.45, 7) is 0. The number of carboxylic acids is 1. The number of hydrogen-bond donors (Lipinski definition) is 2. The van der Waals surface area contributed by atoms with E-state index >= 15 is 0 Å². The van der Waals surface area contributed by atoms with E-state index < -0.39 is 12.0 Å². The first-order chi connectivity index (χ1) is 7.00. The van der Waals surface area contributed by atoms with Crippen molar-refractivity contribution in [1.82, 2.24) is 4.57 Å². The molecular formula is C10H14N2O3. The molecule has 0 bridgehead atoms. The number of ketones is 1. The minimum atomic E-state index is -0.939. The zero-order valence-electron chi connectivity index (χ0n) is 8.51. The van der Waals surface area contributed by atoms with Gasteiger partial charge in [0, 0.05) is 31.4 Å². The molecule has 1 unspecified atom stereocenters. The second-order valence-corrected chi connectivity index (χ2v) is 3.47. The molecule has 1 rings (SSSR count). The van der Waals surface area contributed by atoms with Crippen LogP contribution in [0.5, 0.6) is 0 Å². The van der Waals surface area contributed by atoms with Crippen molar-refractivity contribution in [2.24, 2.45) is 12.8 Å². The lowest BCUT2D eigenvalue weighted by atomic mass is 10.0. The third-order valence-electron chi connectivity index (χ3n) is 2.12. The van der Waals surface area contributed by atoms with Crippen molar-refractivity contribution in [3.63, 3.8) is 0 Å². The standard InChI is InChI=1S/C10H14N2O3/c1-12-5-4-7(6-12)10(15)8(11)2-3-9(13)14/h4-6,8H,2-3,11H2,1H3,(H,13,14). The maximum Gasteiger partial charge on any atom is 0.303 e. The van der Waals surface area contributed by atoms with Crippen LogP contribution in [0.15, 0.2) is 18.5 Å². The summed E-state index contributed by atoms with van der Waals surface area (Å²) in [5.74, 6) is -1.15. The number of aryl methyl sites for hydroxylation is 1. The number of Topliss-reactive ketones (excluding diaryl/α,β-unsaturated/α-hetero) is 1. The minimum absolute atomic E-state index is 0.0836. The molecule has 0 aliphatic rings. The number of aliphatic carboxylic acids is 1. The van der Waals surface area contributed by atoms with Crippen LogP contribution in [-0.4, -0.2) is 27.5 Å². The van der Waals surface area contributed by atoms with Gasteiger partial charge in [-0.3, -0.25) is 9.59 Å². The molecule has 1 atom stereocenters. The summed E-state index contributed by atoms with van der Waals surface area (Å²) < 4.78 is 1.75. The van der Waals surface area contributed by atoms with Crippen LogP contribution < -0.4 is 5.73 Å². The van der Waals surface area contributed by atoms with Crippen molar-refractivity contribution < 1.29 is 14.7 Å². The molecule has 0 aromatic carbocycles. The average molecular weight is 210 g/mol. The first-order valence-corrected chi connectivity index (χ1v) is 4.64. The summed E-state index contributed by atoms with van der Waals surface area (Å²) in [7, 11) is 1.81. The first kappa shape index (κ1) is 11.5. The number of nitrogens with zero attached hydrogens (tertiary/aromatic N) is 1. The second-order valence-electron chi connectivity index (χ2n) is 3.47. The molecule has 0 amide bonds. The van der Waals surface area contributed by atoms with Crippen molar-refractivity contribution in [2.75, 3.05) is 0 Å². The Hall–Kier alpha value is -1.62. The normalized spacial score (nSPS) is 12.4. The zero-order chi connectivity index (χ0) is 11.4. The summed E-state index contributed by atoms with van der Waals surface area (Å²) in [4.78, 5) is 21.9. The van der Waals surface area contributed by atoms with Crippen molar-refractivity contribution in [3.8, 4) is 0 Å². The van der Waals surface area contributed by atoms with Crippen LogP contribution >= 0.6 is 0 Å². The number of aromatic nitrogens is 1. The molecule has 0 aliphatic heterocycles. The predicted octanol–water partition coefficient (Wildman–Crippen LogP) is 0.400. The van der Waals surface area contributed by atoms with Gasteiger partial charge in [0.1, 0.15) is 0 Å². The lowest BCUT2D eigenvalue weighted by Gasteiger charge is -2.07. The van der Waals surface area contributed by atoms with Gasteiger partial charge in [-0.2, -0.15) is 0 Å². The summed E-state index contributed by atoms with van der Waals surface area (Å²) >= 11 is 0. The lowest BCUT2D eigenvalue weighted by molar-refractivity contribution is -0.137. The molecule has 5 heteroatoms. The Kier molecular flexibility index (Phi) is 3.62. The van der Waals surface area contributed by atoms with E-state index in [2.05, 4.69) is 0 Å². The van der Waals surface area contributed by atoms with E-state index in [1.807, 2.05) is 0 Å². The van der Waals surface area contributed by atoms with Gasteiger partial charge in [0.05, 0.1) is 6.04 Å². The molecular weight excluding hydrogens is 196 g/mol. The number of rotatable bonds is 5. The van der Waals surface area contributed by atoms with E-state index in [9.17, 15) is 9.59 Å². The van der Waals surface area contributed by atoms with Crippen LogP contribution in [0, 0.1) is 0 Å². The Balaban J connectivity index is 2.57. The molecule has 0 aliphatic carbocycles. The van der Waals surface area contributed by atoms with Crippen LogP contribution in [0.3, 0.4) is 0 Å². The first-order valence-electron chi connectivity index (χ1n) is 4.64. The molecule has 1 heterocycles. The van der Waals surface area contributed by atoms with E-state index in [0.717, 1.165) is 0 Å². The molecule has 0 radical (unpaired) electrons. The van der Waals surface area contributed by atoms with Crippen LogP contribution in [0.25, 0.3) is 0 Å². The average Bonchev–Trinajstić information content (AvgIpc) is 2.60. The Labute approximate surface area is 87.5 Å². The summed E-state index contributed by atoms with van der Waals surface area (Å²) in [6, 6.07) is 0.937. The maximum absolute atomic E-state index is 11.6. The largest absolute Gasteiger partial charge is 0.481 e. The lowest BCUT2D eigenvalue weighted by Crippen LogP contribution is -2.30. The van der Waals surface area contributed by atoms with Gasteiger partial charge in [-0.25, -0.2) is 0 Å². The van der Waals surface area contributed by atoms with Crippen molar-refractivity contribution in [1.29, 1.82) is 0 Å². The van der Waals surface area contributed by atoms with Gasteiger partial charge in [0.25, 0.3) is 0 Å². The van der Waals surface area contributed by atoms with E-state index in [1.54, 1.807) is 30.1 Å². The highest BCUT2D eigenvalue weighted by Gasteiger charge is 2.17. The van der Waals surface area contributed by atoms with Crippen LogP contribution in [0.1, 0.15) is 23.2 Å². The zero-order valence-corrected chi connectivity index (χ0v) is 8.51. The smallest absolute Gasteiger partial charge is 0.303 e. The monoisotopic (exact) mass is 210 g/mol. The van der Waals surface area contributed by atoms with Gasteiger partial charge >= 0.3 is 5.97 Å². The van der Waals surface area contributed by atoms with Crippen LogP contribution in [-0.2, 0) is 11.8 Å². The molecule has 0 fully saturated rings. The highest BCUT2D eigenvalue weighted by Crippen LogP contribution is 2.06. The minimum Gasteiger partial charge on any atom is -0.481 e. The van der Waals surface area contributed by atoms with E-state index in [4.69, 9.17) is 10.8 Å². The highest BCUT2D eigenvalue weighted by atomic mass is 16.4. The Morgan fingerprint density at radius 3 is 2.73 bits per heavy atom. The van der Waals surface area contributed by atoms with Gasteiger partial charge in [0.2, 0.25) is 0 Å². The van der Waals surface area contributed by atoms with Crippen LogP contribution in [0.2, 0.25) is 0 Å². The van der Waals surface area contributed by atoms with E-state index in [0.29, 0.717) is 5.56 Å². The van der Waals surface area contributed by atoms with E-state index in [-0.39, 0.29) is 18.6 Å².